The Kier molecular flexibility index (Phi) is 5.17. The molecule has 0 aliphatic heterocycles. The summed E-state index contributed by atoms with van der Waals surface area (Å²) in [5.41, 5.74) is 15.0. The zero-order valence-corrected chi connectivity index (χ0v) is 15.5. The van der Waals surface area contributed by atoms with Crippen molar-refractivity contribution in [2.45, 2.75) is 32.1 Å². The van der Waals surface area contributed by atoms with Crippen LogP contribution in [0.1, 0.15) is 43.1 Å². The Morgan fingerprint density at radius 3 is 2.41 bits per heavy atom. The molecule has 0 spiro atoms. The lowest BCUT2D eigenvalue weighted by Gasteiger charge is -2.15. The standard InChI is InChI=1S/C23H24F2N2/c1-3-21(24)17-6-4-5-16(13-17)19-11-12-23(2,25)14-20(22(19)27)15-7-9-18(26)10-8-15/h4-14,21H,3,26-27H2,1-2H3. The predicted molar refractivity (Wildman–Crippen MR) is 109 cm³/mol. The molecule has 27 heavy (non-hydrogen) atoms. The van der Waals surface area contributed by atoms with Gasteiger partial charge in [-0.3, -0.25) is 0 Å². The van der Waals surface area contributed by atoms with Crippen LogP contribution >= 0.6 is 0 Å². The molecule has 0 heterocycles. The van der Waals surface area contributed by atoms with Gasteiger partial charge in [-0.15, -0.1) is 0 Å². The van der Waals surface area contributed by atoms with Crippen molar-refractivity contribution in [1.29, 1.82) is 0 Å². The van der Waals surface area contributed by atoms with E-state index in [1.54, 1.807) is 43.3 Å². The van der Waals surface area contributed by atoms with Gasteiger partial charge in [0.2, 0.25) is 0 Å². The van der Waals surface area contributed by atoms with Gasteiger partial charge in [-0.05, 0) is 60.4 Å². The Balaban J connectivity index is 2.15. The van der Waals surface area contributed by atoms with Gasteiger partial charge in [-0.25, -0.2) is 8.78 Å². The molecule has 0 aromatic heterocycles. The number of halogens is 2. The Morgan fingerprint density at radius 1 is 1.04 bits per heavy atom. The van der Waals surface area contributed by atoms with E-state index in [1.807, 2.05) is 18.2 Å². The second-order valence-corrected chi connectivity index (χ2v) is 6.99. The number of hydrogen-bond acceptors (Lipinski definition) is 2. The first-order valence-electron chi connectivity index (χ1n) is 9.02. The fourth-order valence-electron chi connectivity index (χ4n) is 3.18. The van der Waals surface area contributed by atoms with Gasteiger partial charge in [0.05, 0.1) is 0 Å². The summed E-state index contributed by atoms with van der Waals surface area (Å²) in [6, 6.07) is 14.3. The average Bonchev–Trinajstić information content (AvgIpc) is 2.78. The first-order chi connectivity index (χ1) is 12.8. The van der Waals surface area contributed by atoms with Gasteiger partial charge in [0.25, 0.3) is 0 Å². The second kappa shape index (κ2) is 7.39. The highest BCUT2D eigenvalue weighted by atomic mass is 19.1. The van der Waals surface area contributed by atoms with Crippen molar-refractivity contribution in [2.24, 2.45) is 5.73 Å². The zero-order valence-electron chi connectivity index (χ0n) is 15.5. The molecule has 1 aliphatic rings. The number of hydrogen-bond donors (Lipinski definition) is 2. The Hall–Kier alpha value is -2.88. The highest BCUT2D eigenvalue weighted by molar-refractivity contribution is 5.93. The van der Waals surface area contributed by atoms with E-state index in [0.29, 0.717) is 34.5 Å². The van der Waals surface area contributed by atoms with Crippen molar-refractivity contribution < 1.29 is 8.78 Å². The number of nitrogens with two attached hydrogens (primary N) is 2. The molecule has 0 bridgehead atoms. The van der Waals surface area contributed by atoms with Crippen LogP contribution in [0.2, 0.25) is 0 Å². The molecule has 2 atom stereocenters. The maximum absolute atomic E-state index is 14.9. The Bertz CT molecular complexity index is 922. The molecule has 0 radical (unpaired) electrons. The van der Waals surface area contributed by atoms with Crippen LogP contribution < -0.4 is 11.5 Å². The Morgan fingerprint density at radius 2 is 1.74 bits per heavy atom. The monoisotopic (exact) mass is 366 g/mol. The summed E-state index contributed by atoms with van der Waals surface area (Å²) < 4.78 is 29.1. The lowest BCUT2D eigenvalue weighted by molar-refractivity contribution is 0.329. The topological polar surface area (TPSA) is 52.0 Å². The summed E-state index contributed by atoms with van der Waals surface area (Å²) in [6.07, 6.45) is 4.01. The first kappa shape index (κ1) is 18.9. The number of allylic oxidation sites excluding steroid dienone is 5. The van der Waals surface area contributed by atoms with E-state index < -0.39 is 11.8 Å². The van der Waals surface area contributed by atoms with E-state index in [9.17, 15) is 8.78 Å². The molecule has 2 aromatic rings. The molecular weight excluding hydrogens is 342 g/mol. The van der Waals surface area contributed by atoms with Crippen LogP contribution in [-0.4, -0.2) is 5.67 Å². The molecule has 2 unspecified atom stereocenters. The summed E-state index contributed by atoms with van der Waals surface area (Å²) in [4.78, 5) is 0. The molecule has 0 amide bonds. The lowest BCUT2D eigenvalue weighted by Crippen LogP contribution is -2.11. The molecule has 1 aliphatic carbocycles. The number of nitrogen functional groups attached to an aromatic ring is 1. The van der Waals surface area contributed by atoms with E-state index in [-0.39, 0.29) is 0 Å². The maximum atomic E-state index is 14.9. The SMILES string of the molecule is CCC(F)c1cccc(C2=C(N)C(c3ccc(N)cc3)=CC(C)(F)C=C2)c1. The number of anilines is 1. The van der Waals surface area contributed by atoms with E-state index in [2.05, 4.69) is 0 Å². The third-order valence-corrected chi connectivity index (χ3v) is 4.72. The molecule has 3 rings (SSSR count). The summed E-state index contributed by atoms with van der Waals surface area (Å²) in [5.74, 6) is 0. The summed E-state index contributed by atoms with van der Waals surface area (Å²) in [6.45, 7) is 3.27. The molecule has 140 valence electrons. The third-order valence-electron chi connectivity index (χ3n) is 4.72. The second-order valence-electron chi connectivity index (χ2n) is 6.99. The van der Waals surface area contributed by atoms with E-state index in [4.69, 9.17) is 11.5 Å². The minimum Gasteiger partial charge on any atom is -0.399 e. The minimum atomic E-state index is -1.66. The van der Waals surface area contributed by atoms with Crippen LogP contribution in [0.3, 0.4) is 0 Å². The van der Waals surface area contributed by atoms with Crippen molar-refractivity contribution >= 4 is 16.8 Å². The van der Waals surface area contributed by atoms with Crippen LogP contribution in [0.15, 0.2) is 72.5 Å². The van der Waals surface area contributed by atoms with Gasteiger partial charge in [0.1, 0.15) is 11.8 Å². The van der Waals surface area contributed by atoms with Crippen molar-refractivity contribution in [3.63, 3.8) is 0 Å². The molecule has 0 saturated carbocycles. The fourth-order valence-corrected chi connectivity index (χ4v) is 3.18. The molecule has 4 heteroatoms. The molecule has 0 saturated heterocycles. The number of benzene rings is 2. The maximum Gasteiger partial charge on any atom is 0.145 e. The van der Waals surface area contributed by atoms with Crippen molar-refractivity contribution in [1.82, 2.24) is 0 Å². The third kappa shape index (κ3) is 4.11. The smallest absolute Gasteiger partial charge is 0.145 e. The summed E-state index contributed by atoms with van der Waals surface area (Å²) >= 11 is 0. The van der Waals surface area contributed by atoms with Crippen LogP contribution in [0.5, 0.6) is 0 Å². The number of alkyl halides is 2. The van der Waals surface area contributed by atoms with Gasteiger partial charge in [-0.2, -0.15) is 0 Å². The highest BCUT2D eigenvalue weighted by Gasteiger charge is 2.24. The van der Waals surface area contributed by atoms with E-state index in [1.165, 1.54) is 19.1 Å². The van der Waals surface area contributed by atoms with Crippen LogP contribution in [0, 0.1) is 0 Å². The molecule has 0 fully saturated rings. The van der Waals surface area contributed by atoms with Gasteiger partial charge >= 0.3 is 0 Å². The van der Waals surface area contributed by atoms with Crippen molar-refractivity contribution in [2.75, 3.05) is 5.73 Å². The van der Waals surface area contributed by atoms with Gasteiger partial charge in [-0.1, -0.05) is 43.3 Å². The largest absolute Gasteiger partial charge is 0.399 e. The quantitative estimate of drug-likeness (QED) is 0.678. The molecular formula is C23H24F2N2. The Labute approximate surface area is 158 Å². The zero-order chi connectivity index (χ0) is 19.6. The normalized spacial score (nSPS) is 21.0. The van der Waals surface area contributed by atoms with Crippen LogP contribution in [0.4, 0.5) is 14.5 Å². The van der Waals surface area contributed by atoms with Crippen LogP contribution in [0.25, 0.3) is 11.1 Å². The van der Waals surface area contributed by atoms with Gasteiger partial charge in [0, 0.05) is 22.5 Å². The predicted octanol–water partition coefficient (Wildman–Crippen LogP) is 5.74. The first-order valence-corrected chi connectivity index (χ1v) is 9.02. The average molecular weight is 366 g/mol. The number of rotatable bonds is 4. The van der Waals surface area contributed by atoms with E-state index in [0.717, 1.165) is 11.1 Å². The summed E-state index contributed by atoms with van der Waals surface area (Å²) in [5, 5.41) is 0. The van der Waals surface area contributed by atoms with Gasteiger partial charge < -0.3 is 11.5 Å². The highest BCUT2D eigenvalue weighted by Crippen LogP contribution is 2.36. The lowest BCUT2D eigenvalue weighted by atomic mass is 9.94. The van der Waals surface area contributed by atoms with Crippen molar-refractivity contribution in [3.05, 3.63) is 89.1 Å². The molecule has 2 aromatic carbocycles. The molecule has 2 nitrogen and oxygen atoms in total. The van der Waals surface area contributed by atoms with Crippen molar-refractivity contribution in [3.8, 4) is 0 Å². The van der Waals surface area contributed by atoms with Gasteiger partial charge in [0.15, 0.2) is 0 Å². The minimum absolute atomic E-state index is 0.396. The summed E-state index contributed by atoms with van der Waals surface area (Å²) in [7, 11) is 0. The molecule has 4 N–H and O–H groups in total. The fraction of sp³-hybridized carbons (Fsp3) is 0.217. The van der Waals surface area contributed by atoms with Crippen LogP contribution in [-0.2, 0) is 0 Å². The van der Waals surface area contributed by atoms with E-state index >= 15 is 0 Å².